The van der Waals surface area contributed by atoms with Gasteiger partial charge < -0.3 is 5.73 Å². The van der Waals surface area contributed by atoms with Crippen molar-refractivity contribution in [3.63, 3.8) is 0 Å². The lowest BCUT2D eigenvalue weighted by atomic mass is 10.1. The molecule has 0 aliphatic rings. The first kappa shape index (κ1) is 13.4. The molecule has 0 aliphatic carbocycles. The van der Waals surface area contributed by atoms with Crippen molar-refractivity contribution in [2.75, 3.05) is 0 Å². The largest absolute Gasteiger partial charge is 0.328 e. The van der Waals surface area contributed by atoms with Crippen LogP contribution in [0.1, 0.15) is 31.7 Å². The number of rotatable bonds is 5. The summed E-state index contributed by atoms with van der Waals surface area (Å²) >= 11 is 3.47. The van der Waals surface area contributed by atoms with Crippen LogP contribution in [0.3, 0.4) is 0 Å². The van der Waals surface area contributed by atoms with Gasteiger partial charge in [0.05, 0.1) is 15.9 Å². The Labute approximate surface area is 104 Å². The maximum atomic E-state index is 11.7. The molecule has 1 atom stereocenters. The Balaban J connectivity index is 2.83. The van der Waals surface area contributed by atoms with Crippen LogP contribution in [0.25, 0.3) is 0 Å². The Morgan fingerprint density at radius 2 is 2.25 bits per heavy atom. The molecule has 1 aromatic rings. The smallest absolute Gasteiger partial charge is 0.140 e. The van der Waals surface area contributed by atoms with Gasteiger partial charge in [-0.2, -0.15) is 5.10 Å². The summed E-state index contributed by atoms with van der Waals surface area (Å²) in [5, 5.41) is 4.35. The molecule has 0 spiro atoms. The first-order valence-corrected chi connectivity index (χ1v) is 6.24. The molecular weight excluding hydrogens is 270 g/mol. The average Bonchev–Trinajstić information content (AvgIpc) is 2.44. The highest BCUT2D eigenvalue weighted by Gasteiger charge is 2.16. The van der Waals surface area contributed by atoms with Crippen molar-refractivity contribution in [2.24, 2.45) is 5.73 Å². The zero-order chi connectivity index (χ0) is 12.3. The van der Waals surface area contributed by atoms with Gasteiger partial charge in [-0.1, -0.05) is 0 Å². The highest BCUT2D eigenvalue weighted by atomic mass is 79.9. The lowest BCUT2D eigenvalue weighted by Gasteiger charge is -2.06. The molecule has 1 aromatic heterocycles. The fraction of sp³-hybridized carbons (Fsp3) is 0.636. The van der Waals surface area contributed by atoms with Crippen molar-refractivity contribution in [1.82, 2.24) is 9.78 Å². The summed E-state index contributed by atoms with van der Waals surface area (Å²) in [6, 6.07) is -0.0784. The first-order chi connectivity index (χ1) is 7.45. The minimum Gasteiger partial charge on any atom is -0.328 e. The molecule has 1 rings (SSSR count). The molecule has 0 bridgehead atoms. The van der Waals surface area contributed by atoms with E-state index in [0.717, 1.165) is 22.4 Å². The maximum Gasteiger partial charge on any atom is 0.140 e. The molecule has 1 unspecified atom stereocenters. The molecule has 16 heavy (non-hydrogen) atoms. The number of carbonyl (C=O) groups is 1. The van der Waals surface area contributed by atoms with E-state index in [9.17, 15) is 4.79 Å². The molecule has 0 saturated carbocycles. The quantitative estimate of drug-likeness (QED) is 0.899. The van der Waals surface area contributed by atoms with E-state index < -0.39 is 0 Å². The predicted molar refractivity (Wildman–Crippen MR) is 67.3 cm³/mol. The molecule has 5 heteroatoms. The Morgan fingerprint density at radius 3 is 2.75 bits per heavy atom. The van der Waals surface area contributed by atoms with E-state index in [1.54, 1.807) is 0 Å². The molecule has 0 radical (unpaired) electrons. The molecular formula is C11H18BrN3O. The third-order valence-corrected chi connectivity index (χ3v) is 3.40. The Kier molecular flexibility index (Phi) is 4.68. The highest BCUT2D eigenvalue weighted by Crippen LogP contribution is 2.22. The van der Waals surface area contributed by atoms with Gasteiger partial charge >= 0.3 is 0 Å². The van der Waals surface area contributed by atoms with Gasteiger partial charge in [-0.25, -0.2) is 0 Å². The van der Waals surface area contributed by atoms with E-state index in [2.05, 4.69) is 21.0 Å². The van der Waals surface area contributed by atoms with Crippen LogP contribution in [0.2, 0.25) is 0 Å². The predicted octanol–water partition coefficient (Wildman–Crippen LogP) is 1.82. The first-order valence-electron chi connectivity index (χ1n) is 5.44. The number of ketones is 1. The SMILES string of the molecule is CCn1nc(C)c(Br)c1CC(=O)CC(C)N. The second kappa shape index (κ2) is 5.59. The van der Waals surface area contributed by atoms with Crippen molar-refractivity contribution < 1.29 is 4.79 Å². The number of aryl methyl sites for hydroxylation is 2. The van der Waals surface area contributed by atoms with Crippen LogP contribution in [0.15, 0.2) is 4.47 Å². The third-order valence-electron chi connectivity index (χ3n) is 2.37. The number of nitrogens with zero attached hydrogens (tertiary/aromatic N) is 2. The number of nitrogens with two attached hydrogens (primary N) is 1. The molecule has 0 aliphatic heterocycles. The zero-order valence-electron chi connectivity index (χ0n) is 9.96. The molecule has 4 nitrogen and oxygen atoms in total. The second-order valence-corrected chi connectivity index (χ2v) is 4.85. The van der Waals surface area contributed by atoms with Crippen molar-refractivity contribution in [2.45, 2.75) is 46.2 Å². The molecule has 0 saturated heterocycles. The van der Waals surface area contributed by atoms with E-state index in [1.807, 2.05) is 25.5 Å². The number of Topliss-reactive ketones (excluding diaryl/α,β-unsaturated/α-hetero) is 1. The molecule has 90 valence electrons. The molecule has 0 fully saturated rings. The van der Waals surface area contributed by atoms with Crippen LogP contribution in [-0.2, 0) is 17.8 Å². The zero-order valence-corrected chi connectivity index (χ0v) is 11.5. The Morgan fingerprint density at radius 1 is 1.62 bits per heavy atom. The van der Waals surface area contributed by atoms with Crippen LogP contribution in [0.5, 0.6) is 0 Å². The number of hydrogen-bond donors (Lipinski definition) is 1. The normalized spacial score (nSPS) is 12.8. The molecule has 0 aromatic carbocycles. The standard InChI is InChI=1S/C11H18BrN3O/c1-4-15-10(11(12)8(3)14-15)6-9(16)5-7(2)13/h7H,4-6,13H2,1-3H3. The van der Waals surface area contributed by atoms with Crippen LogP contribution in [0.4, 0.5) is 0 Å². The van der Waals surface area contributed by atoms with E-state index in [4.69, 9.17) is 5.73 Å². The van der Waals surface area contributed by atoms with Crippen molar-refractivity contribution in [1.29, 1.82) is 0 Å². The maximum absolute atomic E-state index is 11.7. The molecule has 2 N–H and O–H groups in total. The molecule has 1 heterocycles. The molecule has 0 amide bonds. The minimum absolute atomic E-state index is 0.0784. The topological polar surface area (TPSA) is 60.9 Å². The minimum atomic E-state index is -0.0784. The Bertz CT molecular complexity index is 385. The summed E-state index contributed by atoms with van der Waals surface area (Å²) in [5.41, 5.74) is 7.48. The monoisotopic (exact) mass is 287 g/mol. The fourth-order valence-electron chi connectivity index (χ4n) is 1.66. The van der Waals surface area contributed by atoms with E-state index in [0.29, 0.717) is 12.8 Å². The van der Waals surface area contributed by atoms with Crippen LogP contribution in [-0.4, -0.2) is 21.6 Å². The Hall–Kier alpha value is -0.680. The van der Waals surface area contributed by atoms with Gasteiger partial charge in [-0.15, -0.1) is 0 Å². The summed E-state index contributed by atoms with van der Waals surface area (Å²) < 4.78 is 2.80. The number of carbonyl (C=O) groups excluding carboxylic acids is 1. The number of halogens is 1. The van der Waals surface area contributed by atoms with Gasteiger partial charge in [-0.3, -0.25) is 9.48 Å². The van der Waals surface area contributed by atoms with E-state index in [-0.39, 0.29) is 11.8 Å². The average molecular weight is 288 g/mol. The summed E-state index contributed by atoms with van der Waals surface area (Å²) in [4.78, 5) is 11.7. The van der Waals surface area contributed by atoms with Gasteiger partial charge in [0, 0.05) is 25.4 Å². The number of aromatic nitrogens is 2. The lowest BCUT2D eigenvalue weighted by molar-refractivity contribution is -0.118. The summed E-state index contributed by atoms with van der Waals surface area (Å²) in [7, 11) is 0. The summed E-state index contributed by atoms with van der Waals surface area (Å²) in [5.74, 6) is 0.158. The second-order valence-electron chi connectivity index (χ2n) is 4.06. The van der Waals surface area contributed by atoms with Crippen molar-refractivity contribution in [3.05, 3.63) is 15.9 Å². The highest BCUT2D eigenvalue weighted by molar-refractivity contribution is 9.10. The number of hydrogen-bond acceptors (Lipinski definition) is 3. The summed E-state index contributed by atoms with van der Waals surface area (Å²) in [6.45, 7) is 6.55. The van der Waals surface area contributed by atoms with Gasteiger partial charge in [0.15, 0.2) is 0 Å². The van der Waals surface area contributed by atoms with Crippen molar-refractivity contribution >= 4 is 21.7 Å². The third kappa shape index (κ3) is 3.15. The van der Waals surface area contributed by atoms with Crippen molar-refractivity contribution in [3.8, 4) is 0 Å². The van der Waals surface area contributed by atoms with Gasteiger partial charge in [0.25, 0.3) is 0 Å². The van der Waals surface area contributed by atoms with Gasteiger partial charge in [-0.05, 0) is 36.7 Å². The van der Waals surface area contributed by atoms with Gasteiger partial charge in [0.1, 0.15) is 5.78 Å². The van der Waals surface area contributed by atoms with Crippen LogP contribution < -0.4 is 5.73 Å². The van der Waals surface area contributed by atoms with Crippen LogP contribution >= 0.6 is 15.9 Å². The van der Waals surface area contributed by atoms with Gasteiger partial charge in [0.2, 0.25) is 0 Å². The lowest BCUT2D eigenvalue weighted by Crippen LogP contribution is -2.21. The summed E-state index contributed by atoms with van der Waals surface area (Å²) in [6.07, 6.45) is 0.817. The van der Waals surface area contributed by atoms with E-state index in [1.165, 1.54) is 0 Å². The van der Waals surface area contributed by atoms with E-state index >= 15 is 0 Å². The van der Waals surface area contributed by atoms with Crippen LogP contribution in [0, 0.1) is 6.92 Å². The fourth-order valence-corrected chi connectivity index (χ4v) is 2.08.